The van der Waals surface area contributed by atoms with E-state index in [-0.39, 0.29) is 12.2 Å². The molecule has 0 spiro atoms. The molecule has 0 amide bonds. The number of aryl methyl sites for hydroxylation is 1. The summed E-state index contributed by atoms with van der Waals surface area (Å²) in [4.78, 5) is 7.70. The zero-order chi connectivity index (χ0) is 23.8. The van der Waals surface area contributed by atoms with Gasteiger partial charge in [0.05, 0.1) is 11.8 Å². The Morgan fingerprint density at radius 3 is 2.43 bits per heavy atom. The van der Waals surface area contributed by atoms with Crippen LogP contribution in [0.3, 0.4) is 0 Å². The first-order chi connectivity index (χ1) is 17.2. The summed E-state index contributed by atoms with van der Waals surface area (Å²) >= 11 is 0. The molecule has 0 bridgehead atoms. The lowest BCUT2D eigenvalue weighted by Crippen LogP contribution is -2.35. The molecule has 4 nitrogen and oxygen atoms in total. The van der Waals surface area contributed by atoms with Gasteiger partial charge in [-0.05, 0) is 81.2 Å². The summed E-state index contributed by atoms with van der Waals surface area (Å²) in [5, 5.41) is 0. The molecular formula is C31H37N3O. The van der Waals surface area contributed by atoms with E-state index in [1.165, 1.54) is 59.2 Å². The number of benzene rings is 2. The van der Waals surface area contributed by atoms with Gasteiger partial charge in [0.2, 0.25) is 0 Å². The maximum atomic E-state index is 6.90. The van der Waals surface area contributed by atoms with Crippen molar-refractivity contribution in [2.75, 3.05) is 20.1 Å². The maximum Gasteiger partial charge on any atom is 0.143 e. The van der Waals surface area contributed by atoms with Crippen LogP contribution in [-0.2, 0) is 17.7 Å². The van der Waals surface area contributed by atoms with Gasteiger partial charge in [0.25, 0.3) is 0 Å². The molecule has 1 aromatic heterocycles. The van der Waals surface area contributed by atoms with Gasteiger partial charge in [-0.15, -0.1) is 0 Å². The number of hydrogen-bond acceptors (Lipinski definition) is 3. The maximum absolute atomic E-state index is 6.90. The molecule has 1 atom stereocenters. The van der Waals surface area contributed by atoms with Crippen molar-refractivity contribution >= 4 is 5.57 Å². The molecule has 0 saturated carbocycles. The van der Waals surface area contributed by atoms with Crippen LogP contribution in [0.2, 0.25) is 0 Å². The molecule has 3 aliphatic rings. The molecule has 0 N–H and O–H groups in total. The van der Waals surface area contributed by atoms with E-state index in [1.54, 1.807) is 0 Å². The Kier molecular flexibility index (Phi) is 6.34. The van der Waals surface area contributed by atoms with Crippen LogP contribution in [0.15, 0.2) is 54.6 Å². The second-order valence-corrected chi connectivity index (χ2v) is 10.6. The van der Waals surface area contributed by atoms with Crippen molar-refractivity contribution in [3.8, 4) is 11.3 Å². The molecule has 1 aliphatic carbocycles. The van der Waals surface area contributed by atoms with Crippen LogP contribution in [0, 0.1) is 6.92 Å². The number of hydrogen-bond donors (Lipinski definition) is 0. The lowest BCUT2D eigenvalue weighted by molar-refractivity contribution is -0.0276. The number of likely N-dealkylation sites (tertiary alicyclic amines) is 1. The number of rotatable bonds is 4. The van der Waals surface area contributed by atoms with Gasteiger partial charge in [-0.1, -0.05) is 54.6 Å². The second-order valence-electron chi connectivity index (χ2n) is 10.6. The van der Waals surface area contributed by atoms with E-state index >= 15 is 0 Å². The average Bonchev–Trinajstić information content (AvgIpc) is 3.15. The Hall–Kier alpha value is -2.69. The summed E-state index contributed by atoms with van der Waals surface area (Å²) in [6.07, 6.45) is 10.8. The molecule has 3 heterocycles. The first-order valence-corrected chi connectivity index (χ1v) is 13.5. The van der Waals surface area contributed by atoms with Gasteiger partial charge >= 0.3 is 0 Å². The molecule has 0 radical (unpaired) electrons. The molecule has 2 aromatic carbocycles. The number of fused-ring (bicyclic) bond motifs is 2. The SMILES string of the molecule is Cc1c(-c2ccc(C3=CCCCC3)cc2)nc2n1CCc1ccccc1C2OC1CCN(C)CC1. The zero-order valence-electron chi connectivity index (χ0n) is 21.2. The van der Waals surface area contributed by atoms with Gasteiger partial charge in [0.15, 0.2) is 0 Å². The largest absolute Gasteiger partial charge is 0.362 e. The molecule has 1 saturated heterocycles. The van der Waals surface area contributed by atoms with Gasteiger partial charge in [-0.25, -0.2) is 4.98 Å². The van der Waals surface area contributed by atoms with Crippen molar-refractivity contribution in [3.05, 3.63) is 82.8 Å². The molecule has 4 heteroatoms. The van der Waals surface area contributed by atoms with Crippen LogP contribution in [0.4, 0.5) is 0 Å². The standard InChI is InChI=1S/C31H37N3O/c1-22-29(26-14-12-24(13-15-26)23-8-4-3-5-9-23)32-31-30(35-27-17-19-33(2)20-18-27)28-11-7-6-10-25(28)16-21-34(22)31/h6-8,10-15,27,30H,3-5,9,16-21H2,1-2H3. The van der Waals surface area contributed by atoms with Gasteiger partial charge in [-0.2, -0.15) is 0 Å². The highest BCUT2D eigenvalue weighted by molar-refractivity contribution is 5.70. The average molecular weight is 468 g/mol. The topological polar surface area (TPSA) is 30.3 Å². The zero-order valence-corrected chi connectivity index (χ0v) is 21.2. The molecule has 3 aromatic rings. The van der Waals surface area contributed by atoms with E-state index < -0.39 is 0 Å². The first-order valence-electron chi connectivity index (χ1n) is 13.5. The highest BCUT2D eigenvalue weighted by Crippen LogP contribution is 2.38. The number of nitrogens with zero attached hydrogens (tertiary/aromatic N) is 3. The van der Waals surface area contributed by atoms with E-state index in [1.807, 2.05) is 0 Å². The number of piperidine rings is 1. The molecule has 1 fully saturated rings. The first kappa shape index (κ1) is 22.8. The number of allylic oxidation sites excluding steroid dienone is 2. The Labute approximate surface area is 209 Å². The van der Waals surface area contributed by atoms with E-state index in [0.717, 1.165) is 50.4 Å². The molecule has 6 rings (SSSR count). The van der Waals surface area contributed by atoms with Crippen LogP contribution >= 0.6 is 0 Å². The fourth-order valence-corrected chi connectivity index (χ4v) is 6.09. The third-order valence-electron chi connectivity index (χ3n) is 8.24. The quantitative estimate of drug-likeness (QED) is 0.435. The van der Waals surface area contributed by atoms with Crippen LogP contribution in [0.5, 0.6) is 0 Å². The number of ether oxygens (including phenoxy) is 1. The lowest BCUT2D eigenvalue weighted by Gasteiger charge is -2.32. The van der Waals surface area contributed by atoms with Crippen LogP contribution in [0.25, 0.3) is 16.8 Å². The minimum Gasteiger partial charge on any atom is -0.362 e. The highest BCUT2D eigenvalue weighted by Gasteiger charge is 2.32. The van der Waals surface area contributed by atoms with Crippen molar-refractivity contribution in [1.29, 1.82) is 0 Å². The predicted molar refractivity (Wildman–Crippen MR) is 142 cm³/mol. The smallest absolute Gasteiger partial charge is 0.143 e. The Morgan fingerprint density at radius 1 is 0.886 bits per heavy atom. The van der Waals surface area contributed by atoms with Crippen LogP contribution < -0.4 is 0 Å². The summed E-state index contributed by atoms with van der Waals surface area (Å²) in [6, 6.07) is 17.9. The summed E-state index contributed by atoms with van der Waals surface area (Å²) < 4.78 is 9.32. The van der Waals surface area contributed by atoms with Crippen LogP contribution in [-0.4, -0.2) is 40.7 Å². The summed E-state index contributed by atoms with van der Waals surface area (Å²) in [5.74, 6) is 1.07. The van der Waals surface area contributed by atoms with E-state index in [4.69, 9.17) is 9.72 Å². The van der Waals surface area contributed by atoms with Crippen molar-refractivity contribution < 1.29 is 4.74 Å². The Morgan fingerprint density at radius 2 is 1.66 bits per heavy atom. The molecule has 1 unspecified atom stereocenters. The van der Waals surface area contributed by atoms with Gasteiger partial charge in [0.1, 0.15) is 11.9 Å². The highest BCUT2D eigenvalue weighted by atomic mass is 16.5. The molecule has 182 valence electrons. The van der Waals surface area contributed by atoms with Crippen molar-refractivity contribution in [1.82, 2.24) is 14.5 Å². The monoisotopic (exact) mass is 467 g/mol. The molecule has 35 heavy (non-hydrogen) atoms. The van der Waals surface area contributed by atoms with Gasteiger partial charge in [-0.3, -0.25) is 0 Å². The van der Waals surface area contributed by atoms with Gasteiger partial charge < -0.3 is 14.2 Å². The third-order valence-corrected chi connectivity index (χ3v) is 8.24. The van der Waals surface area contributed by atoms with E-state index in [2.05, 4.69) is 78.0 Å². The second kappa shape index (κ2) is 9.75. The number of imidazole rings is 1. The fraction of sp³-hybridized carbons (Fsp3) is 0.452. The Balaban J connectivity index is 1.35. The van der Waals surface area contributed by atoms with Crippen molar-refractivity contribution in [3.63, 3.8) is 0 Å². The van der Waals surface area contributed by atoms with E-state index in [9.17, 15) is 0 Å². The van der Waals surface area contributed by atoms with Gasteiger partial charge in [0, 0.05) is 30.9 Å². The third kappa shape index (κ3) is 4.50. The summed E-state index contributed by atoms with van der Waals surface area (Å²) in [5.41, 5.74) is 9.10. The summed E-state index contributed by atoms with van der Waals surface area (Å²) in [6.45, 7) is 5.37. The minimum absolute atomic E-state index is 0.110. The van der Waals surface area contributed by atoms with Crippen molar-refractivity contribution in [2.24, 2.45) is 0 Å². The molecule has 2 aliphatic heterocycles. The fourth-order valence-electron chi connectivity index (χ4n) is 6.09. The predicted octanol–water partition coefficient (Wildman–Crippen LogP) is 6.57. The normalized spacial score (nSPS) is 21.2. The summed E-state index contributed by atoms with van der Waals surface area (Å²) in [7, 11) is 2.20. The minimum atomic E-state index is -0.110. The van der Waals surface area contributed by atoms with Crippen LogP contribution in [0.1, 0.15) is 72.8 Å². The Bertz CT molecular complexity index is 1210. The van der Waals surface area contributed by atoms with E-state index in [0.29, 0.717) is 0 Å². The molecular weight excluding hydrogens is 430 g/mol. The van der Waals surface area contributed by atoms with Crippen molar-refractivity contribution in [2.45, 2.75) is 70.6 Å². The number of aromatic nitrogens is 2. The lowest BCUT2D eigenvalue weighted by atomic mass is 9.93.